The van der Waals surface area contributed by atoms with Crippen LogP contribution in [-0.2, 0) is 0 Å². The van der Waals surface area contributed by atoms with Crippen molar-refractivity contribution in [2.45, 2.75) is 13.0 Å². The number of nitrogens with one attached hydrogen (secondary N) is 1. The van der Waals surface area contributed by atoms with Gasteiger partial charge in [0.05, 0.1) is 10.9 Å². The summed E-state index contributed by atoms with van der Waals surface area (Å²) in [7, 11) is 0. The van der Waals surface area contributed by atoms with E-state index in [1.165, 1.54) is 0 Å². The van der Waals surface area contributed by atoms with E-state index in [2.05, 4.69) is 27.3 Å². The minimum Gasteiger partial charge on any atom is -0.337 e. The van der Waals surface area contributed by atoms with Gasteiger partial charge in [0.2, 0.25) is 11.7 Å². The Morgan fingerprint density at radius 2 is 2.28 bits per heavy atom. The van der Waals surface area contributed by atoms with Crippen LogP contribution in [0.1, 0.15) is 18.9 Å². The molecule has 1 fully saturated rings. The SMILES string of the molecule is C[C@@H](c1nc(-c2cccs2)no1)N1CCNCC1. The van der Waals surface area contributed by atoms with Crippen molar-refractivity contribution in [1.82, 2.24) is 20.4 Å². The van der Waals surface area contributed by atoms with Gasteiger partial charge in [-0.15, -0.1) is 11.3 Å². The standard InChI is InChI=1S/C12H16N4OS/c1-9(16-6-4-13-5-7-16)12-14-11(15-17-12)10-3-2-8-18-10/h2-3,8-9,13H,4-7H2,1H3/t9-/m0/s1. The number of nitrogens with zero attached hydrogens (tertiary/aromatic N) is 3. The predicted molar refractivity (Wildman–Crippen MR) is 70.5 cm³/mol. The highest BCUT2D eigenvalue weighted by Crippen LogP contribution is 2.25. The second-order valence-corrected chi connectivity index (χ2v) is 5.34. The van der Waals surface area contributed by atoms with Gasteiger partial charge >= 0.3 is 0 Å². The molecule has 0 unspecified atom stereocenters. The van der Waals surface area contributed by atoms with Crippen molar-refractivity contribution in [1.29, 1.82) is 0 Å². The summed E-state index contributed by atoms with van der Waals surface area (Å²) in [6, 6.07) is 4.19. The van der Waals surface area contributed by atoms with Crippen LogP contribution in [0, 0.1) is 0 Å². The zero-order valence-electron chi connectivity index (χ0n) is 10.3. The Morgan fingerprint density at radius 1 is 1.44 bits per heavy atom. The molecule has 6 heteroatoms. The molecule has 1 aliphatic rings. The molecule has 1 N–H and O–H groups in total. The monoisotopic (exact) mass is 264 g/mol. The van der Waals surface area contributed by atoms with E-state index in [0.717, 1.165) is 31.1 Å². The third-order valence-electron chi connectivity index (χ3n) is 3.24. The molecule has 0 aliphatic carbocycles. The molecular formula is C12H16N4OS. The van der Waals surface area contributed by atoms with Crippen molar-refractivity contribution in [3.63, 3.8) is 0 Å². The van der Waals surface area contributed by atoms with Crippen LogP contribution >= 0.6 is 11.3 Å². The van der Waals surface area contributed by atoms with Gasteiger partial charge in [0, 0.05) is 26.2 Å². The van der Waals surface area contributed by atoms with Gasteiger partial charge in [-0.05, 0) is 18.4 Å². The molecule has 1 atom stereocenters. The van der Waals surface area contributed by atoms with Crippen LogP contribution in [0.25, 0.3) is 10.7 Å². The Morgan fingerprint density at radius 3 is 3.00 bits per heavy atom. The van der Waals surface area contributed by atoms with E-state index in [4.69, 9.17) is 4.52 Å². The Hall–Kier alpha value is -1.24. The van der Waals surface area contributed by atoms with Crippen LogP contribution in [0.2, 0.25) is 0 Å². The van der Waals surface area contributed by atoms with E-state index in [0.29, 0.717) is 11.7 Å². The molecule has 0 saturated carbocycles. The highest BCUT2D eigenvalue weighted by molar-refractivity contribution is 7.13. The lowest BCUT2D eigenvalue weighted by Crippen LogP contribution is -2.44. The van der Waals surface area contributed by atoms with E-state index in [-0.39, 0.29) is 6.04 Å². The summed E-state index contributed by atoms with van der Waals surface area (Å²) in [6.45, 7) is 6.22. The number of thiophene rings is 1. The van der Waals surface area contributed by atoms with Gasteiger partial charge in [0.15, 0.2) is 0 Å². The fourth-order valence-electron chi connectivity index (χ4n) is 2.14. The first-order chi connectivity index (χ1) is 8.84. The summed E-state index contributed by atoms with van der Waals surface area (Å²) in [5.41, 5.74) is 0. The highest BCUT2D eigenvalue weighted by Gasteiger charge is 2.23. The second kappa shape index (κ2) is 5.17. The summed E-state index contributed by atoms with van der Waals surface area (Å²) < 4.78 is 5.39. The summed E-state index contributed by atoms with van der Waals surface area (Å²) in [5.74, 6) is 1.40. The molecule has 18 heavy (non-hydrogen) atoms. The number of hydrogen-bond donors (Lipinski definition) is 1. The first kappa shape index (κ1) is 11.8. The van der Waals surface area contributed by atoms with Crippen LogP contribution in [0.5, 0.6) is 0 Å². The second-order valence-electron chi connectivity index (χ2n) is 4.40. The van der Waals surface area contributed by atoms with Gasteiger partial charge in [-0.3, -0.25) is 4.90 Å². The molecule has 0 aromatic carbocycles. The molecule has 1 saturated heterocycles. The predicted octanol–water partition coefficient (Wildman–Crippen LogP) is 1.76. The normalized spacial score (nSPS) is 18.9. The number of hydrogen-bond acceptors (Lipinski definition) is 6. The maximum absolute atomic E-state index is 5.39. The number of piperazine rings is 1. The average Bonchev–Trinajstić information content (AvgIpc) is 3.09. The van der Waals surface area contributed by atoms with Gasteiger partial charge < -0.3 is 9.84 Å². The van der Waals surface area contributed by atoms with E-state index in [9.17, 15) is 0 Å². The molecule has 96 valence electrons. The van der Waals surface area contributed by atoms with Gasteiger partial charge in [-0.25, -0.2) is 0 Å². The van der Waals surface area contributed by atoms with Crippen LogP contribution in [-0.4, -0.2) is 41.2 Å². The average molecular weight is 264 g/mol. The lowest BCUT2D eigenvalue weighted by Gasteiger charge is -2.30. The lowest BCUT2D eigenvalue weighted by atomic mass is 10.2. The van der Waals surface area contributed by atoms with Gasteiger partial charge in [0.25, 0.3) is 0 Å². The summed E-state index contributed by atoms with van der Waals surface area (Å²) in [4.78, 5) is 7.91. The van der Waals surface area contributed by atoms with Crippen molar-refractivity contribution < 1.29 is 4.52 Å². The maximum atomic E-state index is 5.39. The Bertz CT molecular complexity index is 490. The molecule has 2 aromatic rings. The van der Waals surface area contributed by atoms with Crippen molar-refractivity contribution in [3.05, 3.63) is 23.4 Å². The molecule has 1 aliphatic heterocycles. The van der Waals surface area contributed by atoms with E-state index < -0.39 is 0 Å². The third-order valence-corrected chi connectivity index (χ3v) is 4.11. The van der Waals surface area contributed by atoms with Crippen molar-refractivity contribution in [2.75, 3.05) is 26.2 Å². The smallest absolute Gasteiger partial charge is 0.244 e. The van der Waals surface area contributed by atoms with E-state index in [1.54, 1.807) is 11.3 Å². The Labute approximate surface area is 110 Å². The van der Waals surface area contributed by atoms with Gasteiger partial charge in [-0.1, -0.05) is 11.2 Å². The number of aromatic nitrogens is 2. The molecule has 3 rings (SSSR count). The Balaban J connectivity index is 1.76. The van der Waals surface area contributed by atoms with Gasteiger partial charge in [-0.2, -0.15) is 4.98 Å². The molecule has 0 bridgehead atoms. The molecule has 0 amide bonds. The van der Waals surface area contributed by atoms with Crippen LogP contribution in [0.15, 0.2) is 22.0 Å². The summed E-state index contributed by atoms with van der Waals surface area (Å²) >= 11 is 1.63. The molecule has 0 radical (unpaired) electrons. The zero-order valence-corrected chi connectivity index (χ0v) is 11.1. The topological polar surface area (TPSA) is 54.2 Å². The Kier molecular flexibility index (Phi) is 3.40. The first-order valence-electron chi connectivity index (χ1n) is 6.17. The zero-order chi connectivity index (χ0) is 12.4. The van der Waals surface area contributed by atoms with Crippen molar-refractivity contribution in [2.24, 2.45) is 0 Å². The van der Waals surface area contributed by atoms with Crippen molar-refractivity contribution >= 4 is 11.3 Å². The van der Waals surface area contributed by atoms with Crippen LogP contribution in [0.3, 0.4) is 0 Å². The lowest BCUT2D eigenvalue weighted by molar-refractivity contribution is 0.154. The fourth-order valence-corrected chi connectivity index (χ4v) is 2.79. The molecule has 3 heterocycles. The van der Waals surface area contributed by atoms with Crippen molar-refractivity contribution in [3.8, 4) is 10.7 Å². The minimum absolute atomic E-state index is 0.188. The first-order valence-corrected chi connectivity index (χ1v) is 7.05. The molecule has 5 nitrogen and oxygen atoms in total. The fraction of sp³-hybridized carbons (Fsp3) is 0.500. The van der Waals surface area contributed by atoms with Crippen LogP contribution in [0.4, 0.5) is 0 Å². The molecule has 2 aromatic heterocycles. The van der Waals surface area contributed by atoms with E-state index >= 15 is 0 Å². The minimum atomic E-state index is 0.188. The molecule has 0 spiro atoms. The maximum Gasteiger partial charge on any atom is 0.244 e. The number of rotatable bonds is 3. The quantitative estimate of drug-likeness (QED) is 0.915. The molecular weight excluding hydrogens is 248 g/mol. The summed E-state index contributed by atoms with van der Waals surface area (Å²) in [6.07, 6.45) is 0. The van der Waals surface area contributed by atoms with E-state index in [1.807, 2.05) is 17.5 Å². The largest absolute Gasteiger partial charge is 0.337 e. The third kappa shape index (κ3) is 2.31. The van der Waals surface area contributed by atoms with Crippen LogP contribution < -0.4 is 5.32 Å². The summed E-state index contributed by atoms with van der Waals surface area (Å²) in [5, 5.41) is 9.42. The van der Waals surface area contributed by atoms with Gasteiger partial charge in [0.1, 0.15) is 0 Å². The highest BCUT2D eigenvalue weighted by atomic mass is 32.1.